The zero-order chi connectivity index (χ0) is 47.8. The Morgan fingerprint density at radius 1 is 0.523 bits per heavy atom. The molecule has 0 aliphatic carbocycles. The number of phosphoric ester groups is 1. The molecule has 8 nitrogen and oxygen atoms in total. The maximum Gasteiger partial charge on any atom is 0.472 e. The quantitative estimate of drug-likeness (QED) is 0.0243. The predicted molar refractivity (Wildman–Crippen MR) is 281 cm³/mol. The van der Waals surface area contributed by atoms with Gasteiger partial charge in [0.1, 0.15) is 13.2 Å². The number of hydrogen-bond donors (Lipinski definition) is 3. The number of aliphatic hydroxyl groups is 1. The number of nitrogens with one attached hydrogen (secondary N) is 1. The van der Waals surface area contributed by atoms with Crippen LogP contribution in [-0.2, 0) is 18.4 Å². The Morgan fingerprint density at radius 3 is 1.34 bits per heavy atom. The van der Waals surface area contributed by atoms with Gasteiger partial charge in [0.05, 0.1) is 39.9 Å². The number of carbonyl (C=O) groups is 1. The van der Waals surface area contributed by atoms with Crippen LogP contribution in [0, 0.1) is 0 Å². The van der Waals surface area contributed by atoms with Gasteiger partial charge in [0, 0.05) is 6.42 Å². The average Bonchev–Trinajstić information content (AvgIpc) is 3.26. The third kappa shape index (κ3) is 49.7. The molecule has 1 amide bonds. The minimum absolute atomic E-state index is 0.0499. The van der Waals surface area contributed by atoms with Crippen molar-refractivity contribution < 1.29 is 32.9 Å². The van der Waals surface area contributed by atoms with Gasteiger partial charge in [0.2, 0.25) is 5.91 Å². The molecule has 3 N–H and O–H groups in total. The smallest absolute Gasteiger partial charge is 0.387 e. The van der Waals surface area contributed by atoms with Crippen LogP contribution < -0.4 is 5.32 Å². The van der Waals surface area contributed by atoms with Crippen molar-refractivity contribution in [2.24, 2.45) is 0 Å². The van der Waals surface area contributed by atoms with Crippen molar-refractivity contribution in [1.29, 1.82) is 0 Å². The number of nitrogens with zero attached hydrogens (tertiary/aromatic N) is 1. The lowest BCUT2D eigenvalue weighted by Crippen LogP contribution is -2.45. The van der Waals surface area contributed by atoms with Crippen LogP contribution in [-0.4, -0.2) is 73.4 Å². The molecular weight excluding hydrogens is 828 g/mol. The van der Waals surface area contributed by atoms with Crippen LogP contribution in [0.5, 0.6) is 0 Å². The highest BCUT2D eigenvalue weighted by Gasteiger charge is 2.27. The molecule has 0 aliphatic rings. The Balaban J connectivity index is 4.34. The van der Waals surface area contributed by atoms with Crippen LogP contribution in [0.4, 0.5) is 0 Å². The van der Waals surface area contributed by atoms with E-state index in [4.69, 9.17) is 9.05 Å². The van der Waals surface area contributed by atoms with E-state index in [-0.39, 0.29) is 19.1 Å². The van der Waals surface area contributed by atoms with Gasteiger partial charge >= 0.3 is 7.82 Å². The fourth-order valence-corrected chi connectivity index (χ4v) is 8.11. The number of quaternary nitrogens is 1. The number of likely N-dealkylation sites (N-methyl/N-ethyl adjacent to an activating group) is 1. The highest BCUT2D eigenvalue weighted by atomic mass is 31.2. The lowest BCUT2D eigenvalue weighted by Gasteiger charge is -2.25. The molecule has 0 rings (SSSR count). The summed E-state index contributed by atoms with van der Waals surface area (Å²) in [6.45, 7) is 4.77. The summed E-state index contributed by atoms with van der Waals surface area (Å²) in [7, 11) is 1.54. The van der Waals surface area contributed by atoms with E-state index < -0.39 is 20.0 Å². The summed E-state index contributed by atoms with van der Waals surface area (Å²) in [4.78, 5) is 23.2. The van der Waals surface area contributed by atoms with Crippen molar-refractivity contribution in [2.75, 3.05) is 40.9 Å². The number of amides is 1. The maximum atomic E-state index is 12.9. The maximum absolute atomic E-state index is 12.9. The molecule has 0 aromatic heterocycles. The minimum Gasteiger partial charge on any atom is -0.387 e. The number of aliphatic hydroxyl groups excluding tert-OH is 1. The molecule has 3 unspecified atom stereocenters. The van der Waals surface area contributed by atoms with E-state index >= 15 is 0 Å². The monoisotopic (exact) mass is 932 g/mol. The molecule has 0 saturated heterocycles. The molecule has 0 spiro atoms. The number of phosphoric acid groups is 1. The van der Waals surface area contributed by atoms with Crippen molar-refractivity contribution in [3.8, 4) is 0 Å². The zero-order valence-electron chi connectivity index (χ0n) is 43.0. The van der Waals surface area contributed by atoms with Crippen LogP contribution in [0.1, 0.15) is 226 Å². The van der Waals surface area contributed by atoms with Crippen molar-refractivity contribution >= 4 is 13.7 Å². The van der Waals surface area contributed by atoms with Crippen molar-refractivity contribution in [3.05, 3.63) is 72.9 Å². The van der Waals surface area contributed by atoms with Crippen molar-refractivity contribution in [2.45, 2.75) is 238 Å². The minimum atomic E-state index is -4.36. The highest BCUT2D eigenvalue weighted by Crippen LogP contribution is 2.43. The summed E-state index contributed by atoms with van der Waals surface area (Å²) >= 11 is 0. The van der Waals surface area contributed by atoms with E-state index in [2.05, 4.69) is 79.9 Å². The Labute approximate surface area is 402 Å². The van der Waals surface area contributed by atoms with Gasteiger partial charge in [0.25, 0.3) is 0 Å². The zero-order valence-corrected chi connectivity index (χ0v) is 43.9. The van der Waals surface area contributed by atoms with E-state index in [9.17, 15) is 19.4 Å². The Hall–Kier alpha value is -2.06. The van der Waals surface area contributed by atoms with Gasteiger partial charge in [-0.2, -0.15) is 0 Å². The predicted octanol–water partition coefficient (Wildman–Crippen LogP) is 15.9. The molecule has 0 radical (unpaired) electrons. The summed E-state index contributed by atoms with van der Waals surface area (Å²) in [5, 5.41) is 13.9. The van der Waals surface area contributed by atoms with Crippen molar-refractivity contribution in [1.82, 2.24) is 5.32 Å². The van der Waals surface area contributed by atoms with Gasteiger partial charge in [-0.05, 0) is 83.5 Å². The molecule has 65 heavy (non-hydrogen) atoms. The standard InChI is InChI=1S/C56H103N2O6P/c1-6-8-10-12-14-16-18-20-22-24-26-27-28-29-30-31-32-34-36-38-40-42-44-46-48-50-56(60)57-54(53-64-65(61,62)63-52-51-58(3,4)5)55(59)49-47-45-43-41-39-37-35-33-25-23-21-19-17-15-13-11-9-7-2/h18,20,24-26,28-29,33,39,41,47,49,54-55,59H,6-17,19,21-23,27,30-32,34-38,40,42-46,48,50-53H2,1-5H3,(H-,57,60,61,62)/p+1/b20-18-,26-24-,29-28-,33-25+,41-39+,49-47+. The summed E-state index contributed by atoms with van der Waals surface area (Å²) in [6, 6.07) is -0.875. The van der Waals surface area contributed by atoms with Crippen molar-refractivity contribution in [3.63, 3.8) is 0 Å². The van der Waals surface area contributed by atoms with E-state index in [0.29, 0.717) is 17.4 Å². The molecule has 0 bridgehead atoms. The molecule has 3 atom stereocenters. The second-order valence-electron chi connectivity index (χ2n) is 19.2. The molecule has 0 aromatic carbocycles. The number of unbranched alkanes of at least 4 members (excludes halogenated alkanes) is 25. The molecule has 0 fully saturated rings. The first kappa shape index (κ1) is 62.9. The molecule has 0 saturated carbocycles. The fourth-order valence-electron chi connectivity index (χ4n) is 7.37. The van der Waals surface area contributed by atoms with E-state index in [0.717, 1.165) is 57.8 Å². The Morgan fingerprint density at radius 2 is 0.892 bits per heavy atom. The molecule has 0 heterocycles. The highest BCUT2D eigenvalue weighted by molar-refractivity contribution is 7.47. The van der Waals surface area contributed by atoms with Gasteiger partial charge in [0.15, 0.2) is 0 Å². The first-order valence-electron chi connectivity index (χ1n) is 26.8. The lowest BCUT2D eigenvalue weighted by molar-refractivity contribution is -0.870. The summed E-state index contributed by atoms with van der Waals surface area (Å²) < 4.78 is 23.6. The van der Waals surface area contributed by atoms with Gasteiger partial charge < -0.3 is 19.8 Å². The summed E-state index contributed by atoms with van der Waals surface area (Å²) in [6.07, 6.45) is 64.2. The second-order valence-corrected chi connectivity index (χ2v) is 20.7. The second kappa shape index (κ2) is 47.0. The van der Waals surface area contributed by atoms with Gasteiger partial charge in [-0.15, -0.1) is 0 Å². The summed E-state index contributed by atoms with van der Waals surface area (Å²) in [5.74, 6) is -0.197. The fraction of sp³-hybridized carbons (Fsp3) is 0.768. The van der Waals surface area contributed by atoms with Crippen LogP contribution in [0.25, 0.3) is 0 Å². The molecule has 378 valence electrons. The van der Waals surface area contributed by atoms with Crippen LogP contribution >= 0.6 is 7.82 Å². The molecule has 0 aliphatic heterocycles. The van der Waals surface area contributed by atoms with Gasteiger partial charge in [-0.25, -0.2) is 4.57 Å². The molecule has 0 aromatic rings. The largest absolute Gasteiger partial charge is 0.472 e. The first-order chi connectivity index (χ1) is 31.5. The Kier molecular flexibility index (Phi) is 45.5. The summed E-state index contributed by atoms with van der Waals surface area (Å²) in [5.41, 5.74) is 0. The van der Waals surface area contributed by atoms with Gasteiger partial charge in [-0.1, -0.05) is 209 Å². The number of allylic oxidation sites excluding steroid dienone is 11. The van der Waals surface area contributed by atoms with Gasteiger partial charge in [-0.3, -0.25) is 13.8 Å². The van der Waals surface area contributed by atoms with Crippen LogP contribution in [0.2, 0.25) is 0 Å². The lowest BCUT2D eigenvalue weighted by atomic mass is 10.0. The SMILES string of the molecule is CCCCCCC/C=C\C/C=C\C/C=C\CCCCCCCCCCCCC(=O)NC(COP(=O)(O)OCC[N+](C)(C)C)C(O)/C=C/CC/C=C/CC/C=C/CCCCCCCCCC. The topological polar surface area (TPSA) is 105 Å². The number of carbonyl (C=O) groups excluding carboxylic acids is 1. The molecular formula is C56H104N2O6P+. The average molecular weight is 932 g/mol. The first-order valence-corrected chi connectivity index (χ1v) is 28.3. The normalized spacial score (nSPS) is 14.6. The Bertz CT molecular complexity index is 1290. The van der Waals surface area contributed by atoms with Crippen LogP contribution in [0.15, 0.2) is 72.9 Å². The van der Waals surface area contributed by atoms with E-state index in [1.807, 2.05) is 27.2 Å². The van der Waals surface area contributed by atoms with E-state index in [1.165, 1.54) is 148 Å². The number of rotatable bonds is 48. The van der Waals surface area contributed by atoms with Crippen LogP contribution in [0.3, 0.4) is 0 Å². The number of hydrogen-bond acceptors (Lipinski definition) is 5. The third-order valence-electron chi connectivity index (χ3n) is 11.6. The molecule has 9 heteroatoms. The van der Waals surface area contributed by atoms with E-state index in [1.54, 1.807) is 6.08 Å². The third-order valence-corrected chi connectivity index (χ3v) is 12.6.